The smallest absolute Gasteiger partial charge is 0.315 e. The number of nitrogens with zero attached hydrogens (tertiary/aromatic N) is 4. The van der Waals surface area contributed by atoms with Crippen molar-refractivity contribution < 1.29 is 18.7 Å². The number of unbranched alkanes of at least 4 members (excludes halogenated alkanes) is 8. The van der Waals surface area contributed by atoms with Gasteiger partial charge in [0.05, 0.1) is 26.7 Å². The number of imidazole rings is 2. The number of carbonyl (C=O) groups excluding carboxylic acids is 2. The molecule has 5 aromatic rings. The van der Waals surface area contributed by atoms with Crippen LogP contribution in [0.2, 0.25) is 0 Å². The quantitative estimate of drug-likeness (QED) is 0.0574. The van der Waals surface area contributed by atoms with Gasteiger partial charge in [-0.05, 0) is 79.1 Å². The molecule has 0 spiro atoms. The summed E-state index contributed by atoms with van der Waals surface area (Å²) in [5, 5.41) is 6.28. The van der Waals surface area contributed by atoms with Crippen molar-refractivity contribution in [2.45, 2.75) is 143 Å². The van der Waals surface area contributed by atoms with Crippen LogP contribution in [0.3, 0.4) is 0 Å². The van der Waals surface area contributed by atoms with Gasteiger partial charge in [-0.3, -0.25) is 9.59 Å². The highest BCUT2D eigenvalue weighted by atomic mass is 16.2. The summed E-state index contributed by atoms with van der Waals surface area (Å²) in [7, 11) is 3.86. The number of nitrogens with one attached hydrogen (secondary N) is 2. The van der Waals surface area contributed by atoms with Crippen LogP contribution in [0.25, 0.3) is 0 Å². The molecule has 58 heavy (non-hydrogen) atoms. The Morgan fingerprint density at radius 2 is 0.966 bits per heavy atom. The minimum Gasteiger partial charge on any atom is -0.315 e. The minimum atomic E-state index is -0.245. The molecule has 8 heteroatoms. The second kappa shape index (κ2) is 20.1. The summed E-state index contributed by atoms with van der Waals surface area (Å²) >= 11 is 0. The Morgan fingerprint density at radius 1 is 0.569 bits per heavy atom. The molecule has 2 heterocycles. The summed E-state index contributed by atoms with van der Waals surface area (Å²) in [6.45, 7) is 16.5. The van der Waals surface area contributed by atoms with Crippen molar-refractivity contribution in [3.63, 3.8) is 0 Å². The predicted molar refractivity (Wildman–Crippen MR) is 238 cm³/mol. The number of aryl methyl sites for hydroxylation is 3. The van der Waals surface area contributed by atoms with Crippen LogP contribution in [0, 0.1) is 0 Å². The van der Waals surface area contributed by atoms with Crippen LogP contribution in [0.5, 0.6) is 0 Å². The van der Waals surface area contributed by atoms with Crippen LogP contribution in [0.15, 0.2) is 97.6 Å². The number of rotatable bonds is 21. The lowest BCUT2D eigenvalue weighted by Gasteiger charge is -2.29. The van der Waals surface area contributed by atoms with Gasteiger partial charge in [0.15, 0.2) is 0 Å². The van der Waals surface area contributed by atoms with E-state index >= 15 is 0 Å². The highest BCUT2D eigenvalue weighted by Gasteiger charge is 2.29. The van der Waals surface area contributed by atoms with E-state index in [1.807, 2.05) is 72.3 Å². The zero-order valence-corrected chi connectivity index (χ0v) is 36.9. The lowest BCUT2D eigenvalue weighted by atomic mass is 9.74. The molecule has 0 fully saturated rings. The molecular weight excluding hydrogens is 717 g/mol. The van der Waals surface area contributed by atoms with E-state index in [2.05, 4.69) is 117 Å². The highest BCUT2D eigenvalue weighted by molar-refractivity contribution is 6.01. The normalized spacial score (nSPS) is 12.4. The monoisotopic (exact) mass is 787 g/mol. The van der Waals surface area contributed by atoms with E-state index in [0.29, 0.717) is 11.6 Å². The molecule has 0 aliphatic rings. The molecule has 2 amide bonds. The van der Waals surface area contributed by atoms with Crippen LogP contribution in [-0.2, 0) is 31.5 Å². The summed E-state index contributed by atoms with van der Waals surface area (Å²) in [5.74, 6) is 1.13. The van der Waals surface area contributed by atoms with E-state index in [9.17, 15) is 9.59 Å². The lowest BCUT2D eigenvalue weighted by molar-refractivity contribution is -0.673. The topological polar surface area (TPSA) is 75.8 Å². The van der Waals surface area contributed by atoms with Gasteiger partial charge in [-0.15, -0.1) is 0 Å². The van der Waals surface area contributed by atoms with Gasteiger partial charge in [-0.1, -0.05) is 135 Å². The third-order valence-corrected chi connectivity index (χ3v) is 12.3. The summed E-state index contributed by atoms with van der Waals surface area (Å²) < 4.78 is 8.00. The van der Waals surface area contributed by atoms with Gasteiger partial charge in [0.2, 0.25) is 0 Å². The number of carbonyl (C=O) groups is 2. The average Bonchev–Trinajstić information content (AvgIpc) is 3.79. The minimum absolute atomic E-state index is 0.0960. The van der Waals surface area contributed by atoms with E-state index in [0.717, 1.165) is 30.8 Å². The predicted octanol–water partition coefficient (Wildman–Crippen LogP) is 11.0. The molecule has 1 unspecified atom stereocenters. The van der Waals surface area contributed by atoms with Crippen LogP contribution in [-0.4, -0.2) is 20.9 Å². The molecule has 0 aliphatic heterocycles. The fourth-order valence-corrected chi connectivity index (χ4v) is 8.14. The van der Waals surface area contributed by atoms with Crippen molar-refractivity contribution in [2.24, 2.45) is 14.1 Å². The summed E-state index contributed by atoms with van der Waals surface area (Å²) in [6.07, 6.45) is 21.2. The molecule has 3 aromatic carbocycles. The van der Waals surface area contributed by atoms with Crippen molar-refractivity contribution in [3.05, 3.63) is 131 Å². The molecule has 310 valence electrons. The number of amides is 2. The van der Waals surface area contributed by atoms with E-state index in [1.165, 1.54) is 80.0 Å². The molecule has 2 aromatic heterocycles. The van der Waals surface area contributed by atoms with Gasteiger partial charge in [0.1, 0.15) is 24.8 Å². The number of hydrogen-bond donors (Lipinski definition) is 2. The largest absolute Gasteiger partial charge is 0.348 e. The Balaban J connectivity index is 1.19. The highest BCUT2D eigenvalue weighted by Crippen LogP contribution is 2.36. The van der Waals surface area contributed by atoms with Gasteiger partial charge < -0.3 is 10.6 Å². The maximum atomic E-state index is 13.5. The SMILES string of the molecule is CCCCCCCCn1cc[n+](C)c1C(=O)Nc1ccc(C(C)(C)c2ccc(C(C)(C)c3ccc(NC(=O)c4n(C(C)CCCCCC)cc[n+]4C)cc3)cc2)cc1. The maximum Gasteiger partial charge on any atom is 0.348 e. The van der Waals surface area contributed by atoms with Crippen LogP contribution >= 0.6 is 0 Å². The summed E-state index contributed by atoms with van der Waals surface area (Å²) in [4.78, 5) is 27.0. The van der Waals surface area contributed by atoms with Crippen LogP contribution < -0.4 is 19.8 Å². The third kappa shape index (κ3) is 10.7. The first kappa shape index (κ1) is 44.1. The molecule has 0 saturated carbocycles. The second-order valence-corrected chi connectivity index (χ2v) is 17.4. The number of hydrogen-bond acceptors (Lipinski definition) is 2. The van der Waals surface area contributed by atoms with Gasteiger partial charge in [-0.25, -0.2) is 18.3 Å². The first-order valence-corrected chi connectivity index (χ1v) is 21.8. The number of benzene rings is 3. The molecule has 0 saturated heterocycles. The van der Waals surface area contributed by atoms with Crippen LogP contribution in [0.1, 0.15) is 169 Å². The zero-order valence-electron chi connectivity index (χ0n) is 36.9. The molecular formula is C50H70N6O2+2. The van der Waals surface area contributed by atoms with Crippen molar-refractivity contribution in [1.82, 2.24) is 9.13 Å². The fraction of sp³-hybridized carbons (Fsp3) is 0.480. The average molecular weight is 787 g/mol. The Morgan fingerprint density at radius 3 is 1.47 bits per heavy atom. The maximum absolute atomic E-state index is 13.5. The lowest BCUT2D eigenvalue weighted by Crippen LogP contribution is -2.38. The van der Waals surface area contributed by atoms with E-state index in [4.69, 9.17) is 0 Å². The second-order valence-electron chi connectivity index (χ2n) is 17.4. The Bertz CT molecular complexity index is 2070. The Hall–Kier alpha value is -4.98. The third-order valence-electron chi connectivity index (χ3n) is 12.3. The van der Waals surface area contributed by atoms with E-state index in [1.54, 1.807) is 0 Å². The van der Waals surface area contributed by atoms with Gasteiger partial charge in [-0.2, -0.15) is 0 Å². The molecule has 8 nitrogen and oxygen atoms in total. The van der Waals surface area contributed by atoms with E-state index in [-0.39, 0.29) is 28.7 Å². The van der Waals surface area contributed by atoms with Gasteiger partial charge in [0, 0.05) is 22.2 Å². The molecule has 0 bridgehead atoms. The van der Waals surface area contributed by atoms with Crippen molar-refractivity contribution >= 4 is 23.2 Å². The molecule has 0 radical (unpaired) electrons. The van der Waals surface area contributed by atoms with E-state index < -0.39 is 0 Å². The summed E-state index contributed by atoms with van der Waals surface area (Å²) in [6, 6.07) is 25.7. The number of aromatic nitrogens is 4. The standard InChI is InChI=1S/C50H68N6O2/c1-10-12-14-16-17-19-33-55-36-34-53(8)47(55)45(57)51-43-29-25-41(26-30-43)49(4,5)39-21-23-40(24-22-39)50(6,7)42-27-31-44(32-28-42)52-46(58)48-54(9)35-37-56(48)38(3)20-18-15-13-11-2/h21-32,34-38H,10-20,33H2,1-9H3/p+2. The summed E-state index contributed by atoms with van der Waals surface area (Å²) in [5.41, 5.74) is 5.86. The molecule has 2 N–H and O–H groups in total. The first-order chi connectivity index (χ1) is 27.8. The van der Waals surface area contributed by atoms with Crippen LogP contribution in [0.4, 0.5) is 11.4 Å². The fourth-order valence-electron chi connectivity index (χ4n) is 8.14. The van der Waals surface area contributed by atoms with Gasteiger partial charge >= 0.3 is 23.5 Å². The molecule has 5 rings (SSSR count). The molecule has 0 aliphatic carbocycles. The van der Waals surface area contributed by atoms with Crippen molar-refractivity contribution in [3.8, 4) is 0 Å². The van der Waals surface area contributed by atoms with Crippen molar-refractivity contribution in [1.29, 1.82) is 0 Å². The first-order valence-electron chi connectivity index (χ1n) is 21.8. The molecule has 1 atom stereocenters. The Labute approximate surface area is 348 Å². The Kier molecular flexibility index (Phi) is 15.3. The van der Waals surface area contributed by atoms with Gasteiger partial charge in [0.25, 0.3) is 0 Å². The zero-order chi connectivity index (χ0) is 41.9. The van der Waals surface area contributed by atoms with Crippen molar-refractivity contribution in [2.75, 3.05) is 10.6 Å². The number of anilines is 2.